The van der Waals surface area contributed by atoms with Crippen molar-refractivity contribution in [1.82, 2.24) is 4.68 Å². The molecule has 0 aliphatic carbocycles. The molecule has 0 bridgehead atoms. The number of carbonyl (C=O) groups excluding carboxylic acids is 3. The van der Waals surface area contributed by atoms with Gasteiger partial charge >= 0.3 is 11.8 Å². The quantitative estimate of drug-likeness (QED) is 0.231. The Kier molecular flexibility index (Phi) is 7.30. The molecule has 0 radical (unpaired) electrons. The van der Waals surface area contributed by atoms with Crippen molar-refractivity contribution in [2.75, 3.05) is 16.1 Å². The molecular weight excluding hydrogens is 600 g/mol. The van der Waals surface area contributed by atoms with Crippen LogP contribution in [-0.2, 0) is 9.59 Å². The number of hydrogen-bond acceptors (Lipinski definition) is 3. The second-order valence-electron chi connectivity index (χ2n) is 7.86. The predicted molar refractivity (Wildman–Crippen MR) is 146 cm³/mol. The summed E-state index contributed by atoms with van der Waals surface area (Å²) in [5.74, 6) is -2.35. The van der Waals surface area contributed by atoms with Crippen molar-refractivity contribution in [2.24, 2.45) is 0 Å². The van der Waals surface area contributed by atoms with Gasteiger partial charge in [0.25, 0.3) is 5.91 Å². The van der Waals surface area contributed by atoms with Crippen molar-refractivity contribution in [1.29, 1.82) is 0 Å². The van der Waals surface area contributed by atoms with Crippen LogP contribution in [0.15, 0.2) is 69.6 Å². The van der Waals surface area contributed by atoms with Crippen LogP contribution in [0.4, 0.5) is 11.4 Å². The fourth-order valence-electron chi connectivity index (χ4n) is 3.54. The van der Waals surface area contributed by atoms with Gasteiger partial charge in [-0.15, -0.1) is 0 Å². The molecule has 4 aromatic rings. The third-order valence-corrected chi connectivity index (χ3v) is 6.52. The van der Waals surface area contributed by atoms with Crippen LogP contribution in [0, 0.1) is 13.8 Å². The Morgan fingerprint density at radius 3 is 2.20 bits per heavy atom. The Morgan fingerprint density at radius 2 is 1.49 bits per heavy atom. The molecule has 178 valence electrons. The zero-order chi connectivity index (χ0) is 25.3. The minimum absolute atomic E-state index is 0.154. The Labute approximate surface area is 223 Å². The Morgan fingerprint density at radius 1 is 0.800 bits per heavy atom. The lowest BCUT2D eigenvalue weighted by molar-refractivity contribution is -0.133. The lowest BCUT2D eigenvalue weighted by atomic mass is 10.1. The fourth-order valence-corrected chi connectivity index (χ4v) is 4.64. The van der Waals surface area contributed by atoms with Crippen LogP contribution in [0.3, 0.4) is 0 Å². The Balaban J connectivity index is 1.64. The third kappa shape index (κ3) is 5.58. The first-order valence-corrected chi connectivity index (χ1v) is 12.4. The molecule has 4 rings (SSSR count). The summed E-state index contributed by atoms with van der Waals surface area (Å²) in [5.41, 5.74) is 6.13. The molecule has 10 heteroatoms. The van der Waals surface area contributed by atoms with Crippen LogP contribution in [0.25, 0.3) is 10.9 Å². The van der Waals surface area contributed by atoms with Crippen LogP contribution < -0.4 is 16.1 Å². The summed E-state index contributed by atoms with van der Waals surface area (Å²) in [6.07, 6.45) is 0. The predicted octanol–water partition coefficient (Wildman–Crippen LogP) is 6.40. The van der Waals surface area contributed by atoms with Crippen LogP contribution in [-0.4, -0.2) is 22.4 Å². The number of carbonyl (C=O) groups is 3. The summed E-state index contributed by atoms with van der Waals surface area (Å²) in [6, 6.07) is 17.5. The zero-order valence-electron chi connectivity index (χ0n) is 18.6. The fraction of sp³-hybridized carbons (Fsp3) is 0.0800. The second kappa shape index (κ2) is 10.2. The summed E-state index contributed by atoms with van der Waals surface area (Å²) in [5, 5.41) is 6.33. The first kappa shape index (κ1) is 25.0. The average Bonchev–Trinajstić information content (AvgIpc) is 3.14. The van der Waals surface area contributed by atoms with Crippen molar-refractivity contribution in [3.63, 3.8) is 0 Å². The summed E-state index contributed by atoms with van der Waals surface area (Å²) in [4.78, 5) is 38.6. The SMILES string of the molecule is Cc1ccc(NC(=O)c2cc3cc(Br)ccc3n2NC(=O)C(=O)Nc2ccc(Br)cc2Cl)c(C)c1. The van der Waals surface area contributed by atoms with E-state index < -0.39 is 17.7 Å². The molecule has 0 atom stereocenters. The van der Waals surface area contributed by atoms with Gasteiger partial charge in [0.05, 0.1) is 16.2 Å². The van der Waals surface area contributed by atoms with Gasteiger partial charge in [-0.1, -0.05) is 61.2 Å². The van der Waals surface area contributed by atoms with Crippen LogP contribution in [0.5, 0.6) is 0 Å². The van der Waals surface area contributed by atoms with E-state index in [1.165, 1.54) is 4.68 Å². The third-order valence-electron chi connectivity index (χ3n) is 5.23. The molecule has 0 spiro atoms. The Hall–Kier alpha value is -3.14. The maximum absolute atomic E-state index is 13.2. The van der Waals surface area contributed by atoms with E-state index in [-0.39, 0.29) is 16.4 Å². The molecule has 3 N–H and O–H groups in total. The normalized spacial score (nSPS) is 10.8. The minimum atomic E-state index is -0.968. The van der Waals surface area contributed by atoms with Crippen LogP contribution >= 0.6 is 43.5 Å². The van der Waals surface area contributed by atoms with Crippen molar-refractivity contribution in [2.45, 2.75) is 13.8 Å². The lowest BCUT2D eigenvalue weighted by Gasteiger charge is -2.14. The molecule has 0 saturated heterocycles. The van der Waals surface area contributed by atoms with E-state index in [1.54, 1.807) is 36.4 Å². The highest BCUT2D eigenvalue weighted by molar-refractivity contribution is 9.10. The molecule has 3 amide bonds. The molecule has 7 nitrogen and oxygen atoms in total. The number of aromatic nitrogens is 1. The molecule has 1 heterocycles. The van der Waals surface area contributed by atoms with Gasteiger partial charge in [-0.2, -0.15) is 0 Å². The topological polar surface area (TPSA) is 92.2 Å². The highest BCUT2D eigenvalue weighted by atomic mass is 79.9. The molecule has 35 heavy (non-hydrogen) atoms. The van der Waals surface area contributed by atoms with Crippen molar-refractivity contribution < 1.29 is 14.4 Å². The molecule has 3 aromatic carbocycles. The van der Waals surface area contributed by atoms with Crippen LogP contribution in [0.1, 0.15) is 21.6 Å². The van der Waals surface area contributed by atoms with E-state index in [0.717, 1.165) is 20.1 Å². The van der Waals surface area contributed by atoms with E-state index in [0.29, 0.717) is 16.6 Å². The summed E-state index contributed by atoms with van der Waals surface area (Å²) >= 11 is 12.9. The van der Waals surface area contributed by atoms with Crippen molar-refractivity contribution >= 4 is 83.5 Å². The van der Waals surface area contributed by atoms with Gasteiger partial charge in [-0.3, -0.25) is 19.8 Å². The summed E-state index contributed by atoms with van der Waals surface area (Å²) in [6.45, 7) is 3.87. The average molecular weight is 619 g/mol. The summed E-state index contributed by atoms with van der Waals surface area (Å²) in [7, 11) is 0. The maximum atomic E-state index is 13.2. The number of anilines is 2. The molecular formula is C25H19Br2ClN4O3. The van der Waals surface area contributed by atoms with Gasteiger partial charge in [0, 0.05) is 20.0 Å². The van der Waals surface area contributed by atoms with Gasteiger partial charge in [0.1, 0.15) is 5.69 Å². The highest BCUT2D eigenvalue weighted by Crippen LogP contribution is 2.26. The largest absolute Gasteiger partial charge is 0.328 e. The number of fused-ring (bicyclic) bond motifs is 1. The smallest absolute Gasteiger partial charge is 0.320 e. The highest BCUT2D eigenvalue weighted by Gasteiger charge is 2.22. The zero-order valence-corrected chi connectivity index (χ0v) is 22.5. The Bertz CT molecular complexity index is 1500. The van der Waals surface area contributed by atoms with E-state index in [2.05, 4.69) is 47.9 Å². The van der Waals surface area contributed by atoms with E-state index in [4.69, 9.17) is 11.6 Å². The van der Waals surface area contributed by atoms with E-state index in [1.807, 2.05) is 38.1 Å². The first-order valence-electron chi connectivity index (χ1n) is 10.4. The number of rotatable bonds is 4. The van der Waals surface area contributed by atoms with Gasteiger partial charge in [-0.25, -0.2) is 4.68 Å². The standard InChI is InChI=1S/C25H19Br2ClN4O3/c1-13-3-6-19(14(2)9-13)29-23(33)22-11-15-10-16(26)5-8-21(15)32(22)31-25(35)24(34)30-20-7-4-17(27)12-18(20)28/h3-12H,1-2H3,(H,29,33)(H,30,34)(H,31,35). The number of hydrogen-bond donors (Lipinski definition) is 3. The van der Waals surface area contributed by atoms with E-state index >= 15 is 0 Å². The number of nitrogens with one attached hydrogen (secondary N) is 3. The van der Waals surface area contributed by atoms with Gasteiger partial charge < -0.3 is 10.6 Å². The van der Waals surface area contributed by atoms with Gasteiger partial charge in [0.15, 0.2) is 0 Å². The molecule has 1 aromatic heterocycles. The van der Waals surface area contributed by atoms with Crippen LogP contribution in [0.2, 0.25) is 5.02 Å². The van der Waals surface area contributed by atoms with Gasteiger partial charge in [0.2, 0.25) is 0 Å². The monoisotopic (exact) mass is 616 g/mol. The number of halogens is 3. The summed E-state index contributed by atoms with van der Waals surface area (Å²) < 4.78 is 2.83. The molecule has 0 saturated carbocycles. The molecule has 0 aliphatic rings. The number of aryl methyl sites for hydroxylation is 2. The number of benzene rings is 3. The minimum Gasteiger partial charge on any atom is -0.320 e. The maximum Gasteiger partial charge on any atom is 0.328 e. The molecule has 0 fully saturated rings. The van der Waals surface area contributed by atoms with E-state index in [9.17, 15) is 14.4 Å². The number of amides is 3. The van der Waals surface area contributed by atoms with Gasteiger partial charge in [-0.05, 0) is 67.9 Å². The molecule has 0 aliphatic heterocycles. The van der Waals surface area contributed by atoms with Crippen molar-refractivity contribution in [3.05, 3.63) is 91.5 Å². The number of nitrogens with zero attached hydrogens (tertiary/aromatic N) is 1. The molecule has 0 unspecified atom stereocenters. The lowest BCUT2D eigenvalue weighted by Crippen LogP contribution is -2.36. The second-order valence-corrected chi connectivity index (χ2v) is 10.1. The van der Waals surface area contributed by atoms with Crippen molar-refractivity contribution in [3.8, 4) is 0 Å². The first-order chi connectivity index (χ1) is 16.6.